The molecular weight excluding hydrogens is 483 g/mol. The molecule has 1 unspecified atom stereocenters. The Balaban J connectivity index is 0.00000300. The molecule has 29 heavy (non-hydrogen) atoms. The van der Waals surface area contributed by atoms with E-state index in [4.69, 9.17) is 4.99 Å². The molecule has 0 aliphatic carbocycles. The second kappa shape index (κ2) is 11.0. The van der Waals surface area contributed by atoms with Gasteiger partial charge in [0.2, 0.25) is 0 Å². The van der Waals surface area contributed by atoms with Gasteiger partial charge in [-0.3, -0.25) is 10.00 Å². The number of likely N-dealkylation sites (tertiary alicyclic amines) is 1. The minimum absolute atomic E-state index is 0. The van der Waals surface area contributed by atoms with E-state index in [2.05, 4.69) is 38.5 Å². The summed E-state index contributed by atoms with van der Waals surface area (Å²) in [6, 6.07) is 7.62. The molecule has 3 rings (SSSR count). The van der Waals surface area contributed by atoms with Crippen molar-refractivity contribution >= 4 is 41.7 Å². The van der Waals surface area contributed by atoms with Crippen LogP contribution in [0, 0.1) is 0 Å². The molecule has 1 atom stereocenters. The minimum atomic E-state index is -0.475. The Hall–Kier alpha value is -2.30. The van der Waals surface area contributed by atoms with Gasteiger partial charge in [-0.1, -0.05) is 12.1 Å². The molecule has 0 bridgehead atoms. The molecule has 1 aromatic heterocycles. The predicted octanol–water partition coefficient (Wildman–Crippen LogP) is 3.17. The molecule has 9 heteroatoms. The normalized spacial score (nSPS) is 16.3. The van der Waals surface area contributed by atoms with E-state index >= 15 is 0 Å². The highest BCUT2D eigenvalue weighted by atomic mass is 127. The summed E-state index contributed by atoms with van der Waals surface area (Å²) in [5, 5.41) is 10.3. The number of halogens is 1. The van der Waals surface area contributed by atoms with Crippen molar-refractivity contribution in [1.29, 1.82) is 0 Å². The lowest BCUT2D eigenvalue weighted by molar-refractivity contribution is 0.187. The first-order valence-electron chi connectivity index (χ1n) is 9.54. The van der Waals surface area contributed by atoms with Crippen LogP contribution >= 0.6 is 24.0 Å². The van der Waals surface area contributed by atoms with E-state index in [1.54, 1.807) is 0 Å². The molecule has 1 aliphatic rings. The van der Waals surface area contributed by atoms with Gasteiger partial charge in [0, 0.05) is 44.5 Å². The van der Waals surface area contributed by atoms with Crippen molar-refractivity contribution in [2.45, 2.75) is 25.8 Å². The van der Waals surface area contributed by atoms with Gasteiger partial charge in [-0.2, -0.15) is 5.10 Å². The SMILES string of the molecule is CCNC(=NCc1ccc(NC(=O)OC)cc1)N1CCC(c2cnn(C)c2)C1.I. The van der Waals surface area contributed by atoms with E-state index in [9.17, 15) is 4.79 Å². The van der Waals surface area contributed by atoms with Gasteiger partial charge in [-0.05, 0) is 36.6 Å². The van der Waals surface area contributed by atoms with Crippen LogP contribution in [0.5, 0.6) is 0 Å². The standard InChI is InChI=1S/C20H28N6O2.HI/c1-4-21-19(26-10-9-16(14-26)17-12-23-25(2)13-17)22-11-15-5-7-18(8-6-15)24-20(27)28-3;/h5-8,12-13,16H,4,9-11,14H2,1-3H3,(H,21,22)(H,24,27);1H. The fourth-order valence-electron chi connectivity index (χ4n) is 3.33. The Morgan fingerprint density at radius 2 is 2.10 bits per heavy atom. The number of aliphatic imine (C=N–C) groups is 1. The van der Waals surface area contributed by atoms with E-state index < -0.39 is 6.09 Å². The Labute approximate surface area is 188 Å². The maximum absolute atomic E-state index is 11.3. The van der Waals surface area contributed by atoms with Crippen LogP contribution in [0.25, 0.3) is 0 Å². The minimum Gasteiger partial charge on any atom is -0.453 e. The third-order valence-corrected chi connectivity index (χ3v) is 4.82. The predicted molar refractivity (Wildman–Crippen MR) is 125 cm³/mol. The van der Waals surface area contributed by atoms with Gasteiger partial charge >= 0.3 is 6.09 Å². The molecule has 2 aromatic rings. The number of guanidine groups is 1. The van der Waals surface area contributed by atoms with Gasteiger partial charge in [0.15, 0.2) is 5.96 Å². The maximum Gasteiger partial charge on any atom is 0.411 e. The highest BCUT2D eigenvalue weighted by molar-refractivity contribution is 14.0. The zero-order chi connectivity index (χ0) is 19.9. The van der Waals surface area contributed by atoms with Crippen molar-refractivity contribution in [1.82, 2.24) is 20.0 Å². The van der Waals surface area contributed by atoms with Gasteiger partial charge < -0.3 is 15.0 Å². The quantitative estimate of drug-likeness (QED) is 0.366. The van der Waals surface area contributed by atoms with Crippen LogP contribution in [0.15, 0.2) is 41.7 Å². The van der Waals surface area contributed by atoms with Crippen LogP contribution < -0.4 is 10.6 Å². The molecular formula is C20H29IN6O2. The summed E-state index contributed by atoms with van der Waals surface area (Å²) in [4.78, 5) is 18.4. The monoisotopic (exact) mass is 512 g/mol. The smallest absolute Gasteiger partial charge is 0.411 e. The van der Waals surface area contributed by atoms with E-state index in [1.807, 2.05) is 42.2 Å². The average Bonchev–Trinajstić information content (AvgIpc) is 3.35. The van der Waals surface area contributed by atoms with Crippen LogP contribution in [0.2, 0.25) is 0 Å². The number of rotatable bonds is 5. The Morgan fingerprint density at radius 1 is 1.34 bits per heavy atom. The topological polar surface area (TPSA) is 83.8 Å². The summed E-state index contributed by atoms with van der Waals surface area (Å²) in [7, 11) is 3.30. The van der Waals surface area contributed by atoms with E-state index in [1.165, 1.54) is 12.7 Å². The summed E-state index contributed by atoms with van der Waals surface area (Å²) in [5.74, 6) is 1.42. The van der Waals surface area contributed by atoms with Gasteiger partial charge in [0.1, 0.15) is 0 Å². The van der Waals surface area contributed by atoms with Crippen molar-refractivity contribution < 1.29 is 9.53 Å². The number of hydrogen-bond donors (Lipinski definition) is 2. The number of amides is 1. The molecule has 1 saturated heterocycles. The van der Waals surface area contributed by atoms with Gasteiger partial charge in [-0.15, -0.1) is 24.0 Å². The molecule has 0 radical (unpaired) electrons. The number of nitrogens with one attached hydrogen (secondary N) is 2. The van der Waals surface area contributed by atoms with Crippen molar-refractivity contribution in [2.24, 2.45) is 12.0 Å². The number of benzene rings is 1. The molecule has 0 spiro atoms. The lowest BCUT2D eigenvalue weighted by atomic mass is 10.0. The number of aromatic nitrogens is 2. The van der Waals surface area contributed by atoms with Crippen molar-refractivity contribution in [3.63, 3.8) is 0 Å². The van der Waals surface area contributed by atoms with Crippen LogP contribution in [-0.2, 0) is 18.3 Å². The molecule has 1 amide bonds. The fourth-order valence-corrected chi connectivity index (χ4v) is 3.33. The Kier molecular flexibility index (Phi) is 8.74. The van der Waals surface area contributed by atoms with Crippen LogP contribution in [-0.4, -0.2) is 53.5 Å². The number of ether oxygens (including phenoxy) is 1. The van der Waals surface area contributed by atoms with Crippen molar-refractivity contribution in [2.75, 3.05) is 32.1 Å². The number of carbonyl (C=O) groups is 1. The average molecular weight is 512 g/mol. The van der Waals surface area contributed by atoms with Crippen molar-refractivity contribution in [3.8, 4) is 0 Å². The van der Waals surface area contributed by atoms with Crippen molar-refractivity contribution in [3.05, 3.63) is 47.8 Å². The van der Waals surface area contributed by atoms with Gasteiger partial charge in [-0.25, -0.2) is 9.79 Å². The molecule has 1 aliphatic heterocycles. The summed E-state index contributed by atoms with van der Waals surface area (Å²) >= 11 is 0. The number of anilines is 1. The first-order chi connectivity index (χ1) is 13.6. The second-order valence-electron chi connectivity index (χ2n) is 6.86. The number of nitrogens with zero attached hydrogens (tertiary/aromatic N) is 4. The van der Waals surface area contributed by atoms with Gasteiger partial charge in [0.05, 0.1) is 19.9 Å². The van der Waals surface area contributed by atoms with Crippen LogP contribution in [0.3, 0.4) is 0 Å². The first kappa shape index (κ1) is 23.0. The molecule has 2 N–H and O–H groups in total. The maximum atomic E-state index is 11.3. The molecule has 2 heterocycles. The van der Waals surface area contributed by atoms with E-state index in [-0.39, 0.29) is 24.0 Å². The van der Waals surface area contributed by atoms with Crippen LogP contribution in [0.1, 0.15) is 30.4 Å². The summed E-state index contributed by atoms with van der Waals surface area (Å²) in [6.07, 6.45) is 4.69. The Morgan fingerprint density at radius 3 is 2.72 bits per heavy atom. The molecule has 158 valence electrons. The zero-order valence-corrected chi connectivity index (χ0v) is 19.4. The molecule has 1 fully saturated rings. The number of carbonyl (C=O) groups excluding carboxylic acids is 1. The Bertz CT molecular complexity index is 821. The lowest BCUT2D eigenvalue weighted by Crippen LogP contribution is -2.40. The van der Waals surface area contributed by atoms with E-state index in [0.717, 1.165) is 37.6 Å². The lowest BCUT2D eigenvalue weighted by Gasteiger charge is -2.21. The van der Waals surface area contributed by atoms with E-state index in [0.29, 0.717) is 18.2 Å². The van der Waals surface area contributed by atoms with Gasteiger partial charge in [0.25, 0.3) is 0 Å². The summed E-state index contributed by atoms with van der Waals surface area (Å²) < 4.78 is 6.46. The molecule has 1 aromatic carbocycles. The van der Waals surface area contributed by atoms with Crippen LogP contribution in [0.4, 0.5) is 10.5 Å². The highest BCUT2D eigenvalue weighted by Crippen LogP contribution is 2.26. The first-order valence-corrected chi connectivity index (χ1v) is 9.54. The second-order valence-corrected chi connectivity index (χ2v) is 6.86. The fraction of sp³-hybridized carbons (Fsp3) is 0.450. The summed E-state index contributed by atoms with van der Waals surface area (Å²) in [6.45, 7) is 5.41. The third kappa shape index (κ3) is 6.34. The molecule has 8 nitrogen and oxygen atoms in total. The molecule has 0 saturated carbocycles. The highest BCUT2D eigenvalue weighted by Gasteiger charge is 2.26. The number of methoxy groups -OCH3 is 1. The number of aryl methyl sites for hydroxylation is 1. The zero-order valence-electron chi connectivity index (χ0n) is 17.1. The number of hydrogen-bond acceptors (Lipinski definition) is 4. The largest absolute Gasteiger partial charge is 0.453 e. The third-order valence-electron chi connectivity index (χ3n) is 4.82. The summed E-state index contributed by atoms with van der Waals surface area (Å²) in [5.41, 5.74) is 3.06.